The van der Waals surface area contributed by atoms with E-state index in [0.717, 1.165) is 0 Å². The predicted molar refractivity (Wildman–Crippen MR) is 85.5 cm³/mol. The van der Waals surface area contributed by atoms with Crippen molar-refractivity contribution in [2.75, 3.05) is 20.8 Å². The number of hydrogen-bond donors (Lipinski definition) is 1. The number of nitrogens with zero attached hydrogens (tertiary/aromatic N) is 1. The minimum absolute atomic E-state index is 0.252. The Labute approximate surface area is 140 Å². The van der Waals surface area contributed by atoms with Crippen molar-refractivity contribution in [2.45, 2.75) is 12.2 Å². The minimum Gasteiger partial charge on any atom is -0.495 e. The third-order valence-electron chi connectivity index (χ3n) is 3.18. The molecule has 0 amide bonds. The normalized spacial score (nSPS) is 21.5. The summed E-state index contributed by atoms with van der Waals surface area (Å²) in [7, 11) is 4.73. The lowest BCUT2D eigenvalue weighted by Crippen LogP contribution is -2.25. The highest BCUT2D eigenvalue weighted by atomic mass is 127. The molecule has 1 aromatic heterocycles. The van der Waals surface area contributed by atoms with Gasteiger partial charge in [0.05, 0.1) is 7.11 Å². The molecule has 0 spiro atoms. The molecule has 0 bridgehead atoms. The summed E-state index contributed by atoms with van der Waals surface area (Å²) in [6, 6.07) is 0. The van der Waals surface area contributed by atoms with Crippen molar-refractivity contribution in [1.82, 2.24) is 9.55 Å². The fourth-order valence-electron chi connectivity index (χ4n) is 2.20. The standard InChI is InChI=1S/C12H15IN2O5S/c1-15-4-6(11(21)14-12(15)16)8-10(18-3)9(17-2)7(20-8)5-19-13/h4,8,10H,5H2,1-3H3,(H,14,16,21)/t8-,10?/m0/s1. The number of hydrogen-bond acceptors (Lipinski definition) is 6. The molecule has 0 radical (unpaired) electrons. The van der Waals surface area contributed by atoms with Crippen molar-refractivity contribution in [1.29, 1.82) is 0 Å². The lowest BCUT2D eigenvalue weighted by molar-refractivity contribution is 0.00266. The molecule has 1 unspecified atom stereocenters. The second-order valence-electron chi connectivity index (χ2n) is 4.39. The highest BCUT2D eigenvalue weighted by Crippen LogP contribution is 2.38. The minimum atomic E-state index is -0.498. The smallest absolute Gasteiger partial charge is 0.326 e. The molecule has 0 saturated heterocycles. The van der Waals surface area contributed by atoms with Gasteiger partial charge in [-0.3, -0.25) is 4.98 Å². The molecule has 21 heavy (non-hydrogen) atoms. The first-order chi connectivity index (χ1) is 10.0. The number of methoxy groups -OCH3 is 2. The Kier molecular flexibility index (Phi) is 5.41. The van der Waals surface area contributed by atoms with Crippen LogP contribution in [0.25, 0.3) is 0 Å². The van der Waals surface area contributed by atoms with Crippen LogP contribution in [0.1, 0.15) is 11.7 Å². The number of ether oxygens (including phenoxy) is 3. The van der Waals surface area contributed by atoms with E-state index in [2.05, 4.69) is 4.98 Å². The van der Waals surface area contributed by atoms with Gasteiger partial charge < -0.3 is 21.8 Å². The maximum Gasteiger partial charge on any atom is 0.326 e. The van der Waals surface area contributed by atoms with Gasteiger partial charge in [0.1, 0.15) is 34.3 Å². The van der Waals surface area contributed by atoms with E-state index >= 15 is 0 Å². The lowest BCUT2D eigenvalue weighted by Gasteiger charge is -2.19. The molecule has 0 aromatic carbocycles. The van der Waals surface area contributed by atoms with Crippen LogP contribution < -0.4 is 5.69 Å². The Hall–Kier alpha value is -0.910. The van der Waals surface area contributed by atoms with Crippen molar-refractivity contribution in [3.8, 4) is 0 Å². The molecule has 2 atom stereocenters. The number of H-pyrrole nitrogens is 1. The first-order valence-corrected chi connectivity index (χ1v) is 7.32. The van der Waals surface area contributed by atoms with Crippen molar-refractivity contribution in [3.63, 3.8) is 0 Å². The summed E-state index contributed by atoms with van der Waals surface area (Å²) < 4.78 is 23.5. The van der Waals surface area contributed by atoms with Gasteiger partial charge in [0.25, 0.3) is 0 Å². The number of rotatable bonds is 5. The maximum absolute atomic E-state index is 11.6. The molecule has 0 saturated carbocycles. The van der Waals surface area contributed by atoms with E-state index in [1.165, 1.54) is 4.57 Å². The zero-order valence-electron chi connectivity index (χ0n) is 11.7. The molecule has 0 aliphatic carbocycles. The van der Waals surface area contributed by atoms with Crippen molar-refractivity contribution < 1.29 is 17.3 Å². The highest BCUT2D eigenvalue weighted by molar-refractivity contribution is 14.1. The third kappa shape index (κ3) is 3.15. The Morgan fingerprint density at radius 2 is 2.24 bits per heavy atom. The van der Waals surface area contributed by atoms with Crippen LogP contribution in [0.5, 0.6) is 0 Å². The molecular formula is C12H15IN2O5S. The fourth-order valence-corrected chi connectivity index (χ4v) is 2.74. The van der Waals surface area contributed by atoms with Gasteiger partial charge in [0.2, 0.25) is 0 Å². The summed E-state index contributed by atoms with van der Waals surface area (Å²) in [5.41, 5.74) is 0.364. The molecule has 1 N–H and O–H groups in total. The van der Waals surface area contributed by atoms with Crippen LogP contribution in [-0.4, -0.2) is 36.5 Å². The van der Waals surface area contributed by atoms with Gasteiger partial charge in [0.15, 0.2) is 23.7 Å². The van der Waals surface area contributed by atoms with E-state index in [1.807, 2.05) is 0 Å². The summed E-state index contributed by atoms with van der Waals surface area (Å²) in [4.78, 5) is 14.2. The summed E-state index contributed by atoms with van der Waals surface area (Å²) in [5, 5.41) is 0. The van der Waals surface area contributed by atoms with Crippen LogP contribution in [0, 0.1) is 4.64 Å². The van der Waals surface area contributed by atoms with E-state index < -0.39 is 12.2 Å². The average molecular weight is 426 g/mol. The number of aromatic amines is 1. The van der Waals surface area contributed by atoms with E-state index in [1.54, 1.807) is 50.5 Å². The lowest BCUT2D eigenvalue weighted by atomic mass is 10.1. The molecule has 116 valence electrons. The summed E-state index contributed by atoms with van der Waals surface area (Å²) in [6.07, 6.45) is 0.685. The van der Waals surface area contributed by atoms with Crippen LogP contribution in [0.15, 0.2) is 22.5 Å². The van der Waals surface area contributed by atoms with Gasteiger partial charge in [-0.1, -0.05) is 12.2 Å². The summed E-state index contributed by atoms with van der Waals surface area (Å²) >= 11 is 7.00. The van der Waals surface area contributed by atoms with E-state index in [4.69, 9.17) is 29.5 Å². The maximum atomic E-state index is 11.6. The molecule has 0 fully saturated rings. The monoisotopic (exact) mass is 426 g/mol. The molecule has 2 heterocycles. The first-order valence-electron chi connectivity index (χ1n) is 6.03. The van der Waals surface area contributed by atoms with E-state index in [0.29, 0.717) is 21.7 Å². The number of halogens is 1. The van der Waals surface area contributed by atoms with Crippen LogP contribution in [0.3, 0.4) is 0 Å². The van der Waals surface area contributed by atoms with Crippen LogP contribution in [-0.2, 0) is 24.3 Å². The summed E-state index contributed by atoms with van der Waals surface area (Å²) in [5.74, 6) is 1.11. The Morgan fingerprint density at radius 1 is 1.52 bits per heavy atom. The quantitative estimate of drug-likeness (QED) is 0.572. The zero-order valence-corrected chi connectivity index (χ0v) is 14.7. The molecule has 2 rings (SSSR count). The van der Waals surface area contributed by atoms with Crippen molar-refractivity contribution >= 4 is 35.2 Å². The van der Waals surface area contributed by atoms with Crippen LogP contribution in [0.2, 0.25) is 0 Å². The number of aromatic nitrogens is 2. The van der Waals surface area contributed by atoms with Crippen LogP contribution >= 0.6 is 35.2 Å². The number of aryl methyl sites for hydroxylation is 1. The second kappa shape index (κ2) is 6.90. The van der Waals surface area contributed by atoms with Gasteiger partial charge in [-0.05, 0) is 0 Å². The first kappa shape index (κ1) is 16.5. The fraction of sp³-hybridized carbons (Fsp3) is 0.500. The third-order valence-corrected chi connectivity index (χ3v) is 3.83. The Bertz CT molecular complexity index is 668. The zero-order chi connectivity index (χ0) is 15.6. The molecule has 9 heteroatoms. The van der Waals surface area contributed by atoms with E-state index in [-0.39, 0.29) is 12.3 Å². The van der Waals surface area contributed by atoms with Gasteiger partial charge >= 0.3 is 5.69 Å². The summed E-state index contributed by atoms with van der Waals surface area (Å²) in [6.45, 7) is 0.252. The molecule has 1 aliphatic rings. The Balaban J connectivity index is 2.45. The predicted octanol–water partition coefficient (Wildman–Crippen LogP) is 1.75. The highest BCUT2D eigenvalue weighted by Gasteiger charge is 2.40. The van der Waals surface area contributed by atoms with Gasteiger partial charge in [-0.2, -0.15) is 0 Å². The van der Waals surface area contributed by atoms with Crippen molar-refractivity contribution in [3.05, 3.63) is 38.4 Å². The molecule has 1 aromatic rings. The topological polar surface area (TPSA) is 74.7 Å². The number of nitrogens with one attached hydrogen (secondary N) is 1. The average Bonchev–Trinajstić information content (AvgIpc) is 2.80. The van der Waals surface area contributed by atoms with Crippen LogP contribution in [0.4, 0.5) is 0 Å². The van der Waals surface area contributed by atoms with Gasteiger partial charge in [-0.25, -0.2) is 4.79 Å². The van der Waals surface area contributed by atoms with Gasteiger partial charge in [-0.15, -0.1) is 0 Å². The molecule has 1 aliphatic heterocycles. The van der Waals surface area contributed by atoms with Gasteiger partial charge in [0, 0.05) is 25.9 Å². The molecule has 7 nitrogen and oxygen atoms in total. The largest absolute Gasteiger partial charge is 0.495 e. The Morgan fingerprint density at radius 3 is 2.81 bits per heavy atom. The van der Waals surface area contributed by atoms with Crippen molar-refractivity contribution in [2.24, 2.45) is 7.05 Å². The van der Waals surface area contributed by atoms with E-state index in [9.17, 15) is 4.79 Å². The molecular weight excluding hydrogens is 411 g/mol. The SMILES string of the molecule is COC1=C(COI)O[C@@H](c2cn(C)c(=O)[nH]c2=S)C1OC. The second-order valence-corrected chi connectivity index (χ2v) is 5.43.